The van der Waals surface area contributed by atoms with Crippen molar-refractivity contribution in [2.45, 2.75) is 108 Å². The summed E-state index contributed by atoms with van der Waals surface area (Å²) >= 11 is 0. The summed E-state index contributed by atoms with van der Waals surface area (Å²) in [5.74, 6) is 0.477. The summed E-state index contributed by atoms with van der Waals surface area (Å²) in [6.07, 6.45) is -10.9. The van der Waals surface area contributed by atoms with E-state index in [2.05, 4.69) is 6.08 Å². The second kappa shape index (κ2) is 13.7. The van der Waals surface area contributed by atoms with E-state index >= 15 is 0 Å². The first-order chi connectivity index (χ1) is 18.4. The molecule has 7 unspecified atom stereocenters. The van der Waals surface area contributed by atoms with Gasteiger partial charge in [-0.05, 0) is 57.2 Å². The zero-order chi connectivity index (χ0) is 29.0. The fourth-order valence-electron chi connectivity index (χ4n) is 4.65. The quantitative estimate of drug-likeness (QED) is 0.167. The minimum Gasteiger partial charge on any atom is -0.462 e. The molecular weight excluding hydrogens is 516 g/mol. The van der Waals surface area contributed by atoms with Gasteiger partial charge in [-0.25, -0.2) is 0 Å². The smallest absolute Gasteiger partial charge is 0.229 e. The summed E-state index contributed by atoms with van der Waals surface area (Å²) in [7, 11) is 0. The molecule has 222 valence electrons. The molecule has 8 N–H and O–H groups in total. The van der Waals surface area contributed by atoms with E-state index in [4.69, 9.17) is 18.9 Å². The highest BCUT2D eigenvalue weighted by Crippen LogP contribution is 2.38. The molecule has 0 spiro atoms. The van der Waals surface area contributed by atoms with Crippen molar-refractivity contribution in [3.63, 3.8) is 0 Å². The van der Waals surface area contributed by atoms with Crippen molar-refractivity contribution in [2.75, 3.05) is 13.2 Å². The predicted octanol–water partition coefficient (Wildman–Crippen LogP) is -0.798. The van der Waals surface area contributed by atoms with Crippen molar-refractivity contribution < 1.29 is 59.8 Å². The van der Waals surface area contributed by atoms with Gasteiger partial charge >= 0.3 is 0 Å². The standard InChI is InChI=1S/C27H42O12/c1-12(2)6-5-7-13(3)15-9-16(36-26-24(34)22(32)20(30)18(10-28)38-26)14(4)8-17(15)37-27-25(35)23(33)21(31)19(11-29)39-27/h6,8-9,13,18-35H,5,7,10-11H2,1-4H3/t13?,18?,19?,20-,21-,22?,23?,24?,25?,26-,27-/m1/s1. The van der Waals surface area contributed by atoms with E-state index < -0.39 is 74.6 Å². The zero-order valence-corrected chi connectivity index (χ0v) is 22.6. The Kier molecular flexibility index (Phi) is 11.1. The fourth-order valence-corrected chi connectivity index (χ4v) is 4.65. The maximum absolute atomic E-state index is 10.5. The maximum atomic E-state index is 10.5. The summed E-state index contributed by atoms with van der Waals surface area (Å²) < 4.78 is 22.9. The first kappa shape index (κ1) is 31.7. The molecule has 0 amide bonds. The Hall–Kier alpha value is -1.84. The largest absolute Gasteiger partial charge is 0.462 e. The SMILES string of the molecule is CC(C)=CCCC(C)c1cc(O[C@@H]2OC(CO)[C@@H](O)C(O)C2O)c(C)cc1O[C@@H]1OC(CO)[C@@H](O)C(O)C1O. The molecule has 1 aromatic carbocycles. The summed E-state index contributed by atoms with van der Waals surface area (Å²) in [5.41, 5.74) is 2.32. The van der Waals surface area contributed by atoms with Crippen molar-refractivity contribution >= 4 is 0 Å². The molecule has 2 fully saturated rings. The van der Waals surface area contributed by atoms with Crippen LogP contribution in [-0.4, -0.2) is 115 Å². The van der Waals surface area contributed by atoms with Crippen LogP contribution in [0.1, 0.15) is 50.7 Å². The van der Waals surface area contributed by atoms with Crippen LogP contribution in [-0.2, 0) is 9.47 Å². The summed E-state index contributed by atoms with van der Waals surface area (Å²) in [4.78, 5) is 0. The number of aliphatic hydroxyl groups is 8. The maximum Gasteiger partial charge on any atom is 0.229 e. The molecule has 3 rings (SSSR count). The predicted molar refractivity (Wildman–Crippen MR) is 137 cm³/mol. The van der Waals surface area contributed by atoms with Gasteiger partial charge in [0.2, 0.25) is 12.6 Å². The molecule has 2 saturated heterocycles. The molecule has 2 aliphatic rings. The second-order valence-electron chi connectivity index (χ2n) is 10.5. The molecular formula is C27H42O12. The molecule has 12 nitrogen and oxygen atoms in total. The van der Waals surface area contributed by atoms with Crippen LogP contribution >= 0.6 is 0 Å². The minimum atomic E-state index is -1.60. The highest BCUT2D eigenvalue weighted by molar-refractivity contribution is 5.47. The first-order valence-electron chi connectivity index (χ1n) is 13.1. The Morgan fingerprint density at radius 2 is 1.28 bits per heavy atom. The summed E-state index contributed by atoms with van der Waals surface area (Å²) in [6, 6.07) is 3.29. The number of hydrogen-bond acceptors (Lipinski definition) is 12. The van der Waals surface area contributed by atoms with Crippen molar-refractivity contribution in [3.8, 4) is 11.5 Å². The molecule has 2 aliphatic heterocycles. The molecule has 0 radical (unpaired) electrons. The lowest BCUT2D eigenvalue weighted by Gasteiger charge is -2.40. The lowest BCUT2D eigenvalue weighted by Crippen LogP contribution is -2.60. The van der Waals surface area contributed by atoms with Gasteiger partial charge in [0, 0.05) is 5.56 Å². The molecule has 0 bridgehead atoms. The molecule has 0 aromatic heterocycles. The van der Waals surface area contributed by atoms with Gasteiger partial charge in [-0.3, -0.25) is 0 Å². The number of rotatable bonds is 10. The Morgan fingerprint density at radius 3 is 1.74 bits per heavy atom. The van der Waals surface area contributed by atoms with Gasteiger partial charge in [-0.2, -0.15) is 0 Å². The van der Waals surface area contributed by atoms with E-state index in [0.717, 1.165) is 12.0 Å². The lowest BCUT2D eigenvalue weighted by molar-refractivity contribution is -0.278. The van der Waals surface area contributed by atoms with Crippen LogP contribution in [0.2, 0.25) is 0 Å². The second-order valence-corrected chi connectivity index (χ2v) is 10.5. The van der Waals surface area contributed by atoms with Gasteiger partial charge in [0.25, 0.3) is 0 Å². The van der Waals surface area contributed by atoms with Crippen molar-refractivity contribution in [3.05, 3.63) is 34.9 Å². The third-order valence-corrected chi connectivity index (χ3v) is 7.17. The summed E-state index contributed by atoms with van der Waals surface area (Å²) in [6.45, 7) is 6.45. The molecule has 39 heavy (non-hydrogen) atoms. The van der Waals surface area contributed by atoms with Crippen LogP contribution in [0, 0.1) is 6.92 Å². The van der Waals surface area contributed by atoms with Crippen molar-refractivity contribution in [1.29, 1.82) is 0 Å². The average Bonchev–Trinajstić information content (AvgIpc) is 2.90. The van der Waals surface area contributed by atoms with Crippen LogP contribution in [0.25, 0.3) is 0 Å². The van der Waals surface area contributed by atoms with Gasteiger partial charge in [0.05, 0.1) is 13.2 Å². The van der Waals surface area contributed by atoms with Crippen molar-refractivity contribution in [2.24, 2.45) is 0 Å². The van der Waals surface area contributed by atoms with Gasteiger partial charge in [0.15, 0.2) is 0 Å². The number of allylic oxidation sites excluding steroid dienone is 2. The Balaban J connectivity index is 1.93. The normalized spacial score (nSPS) is 35.8. The Morgan fingerprint density at radius 1 is 0.795 bits per heavy atom. The summed E-state index contributed by atoms with van der Waals surface area (Å²) in [5, 5.41) is 80.4. The topological polar surface area (TPSA) is 199 Å². The number of benzene rings is 1. The average molecular weight is 559 g/mol. The molecule has 2 heterocycles. The Bertz CT molecular complexity index is 962. The first-order valence-corrected chi connectivity index (χ1v) is 13.1. The highest BCUT2D eigenvalue weighted by atomic mass is 16.7. The Labute approximate surface area is 227 Å². The highest BCUT2D eigenvalue weighted by Gasteiger charge is 2.46. The van der Waals surface area contributed by atoms with Crippen LogP contribution in [0.5, 0.6) is 11.5 Å². The molecule has 0 aliphatic carbocycles. The van der Waals surface area contributed by atoms with E-state index in [1.165, 1.54) is 0 Å². The van der Waals surface area contributed by atoms with Crippen LogP contribution < -0.4 is 9.47 Å². The number of ether oxygens (including phenoxy) is 4. The lowest BCUT2D eigenvalue weighted by atomic mass is 9.93. The van der Waals surface area contributed by atoms with Gasteiger partial charge in [-0.15, -0.1) is 0 Å². The van der Waals surface area contributed by atoms with Crippen LogP contribution in [0.3, 0.4) is 0 Å². The third-order valence-electron chi connectivity index (χ3n) is 7.17. The zero-order valence-electron chi connectivity index (χ0n) is 22.6. The minimum absolute atomic E-state index is 0.113. The van der Waals surface area contributed by atoms with Gasteiger partial charge < -0.3 is 59.8 Å². The van der Waals surface area contributed by atoms with Crippen LogP contribution in [0.15, 0.2) is 23.8 Å². The molecule has 0 saturated carbocycles. The van der Waals surface area contributed by atoms with E-state index in [1.807, 2.05) is 20.8 Å². The van der Waals surface area contributed by atoms with Gasteiger partial charge in [-0.1, -0.05) is 18.6 Å². The number of hydrogen-bond donors (Lipinski definition) is 8. The van der Waals surface area contributed by atoms with E-state index in [-0.39, 0.29) is 11.7 Å². The monoisotopic (exact) mass is 558 g/mol. The molecule has 11 atom stereocenters. The fraction of sp³-hybridized carbons (Fsp3) is 0.704. The third kappa shape index (κ3) is 7.27. The van der Waals surface area contributed by atoms with E-state index in [9.17, 15) is 40.9 Å². The van der Waals surface area contributed by atoms with E-state index in [1.54, 1.807) is 19.1 Å². The van der Waals surface area contributed by atoms with E-state index in [0.29, 0.717) is 23.3 Å². The number of aryl methyl sites for hydroxylation is 1. The van der Waals surface area contributed by atoms with Crippen LogP contribution in [0.4, 0.5) is 0 Å². The molecule has 12 heteroatoms. The van der Waals surface area contributed by atoms with Crippen molar-refractivity contribution in [1.82, 2.24) is 0 Å². The van der Waals surface area contributed by atoms with Gasteiger partial charge in [0.1, 0.15) is 60.3 Å². The number of aliphatic hydroxyl groups excluding tert-OH is 8. The molecule has 1 aromatic rings.